The highest BCUT2D eigenvalue weighted by atomic mass is 32.1. The van der Waals surface area contributed by atoms with E-state index in [2.05, 4.69) is 4.99 Å². The summed E-state index contributed by atoms with van der Waals surface area (Å²) < 4.78 is 13.0. The largest absolute Gasteiger partial charge is 0.497 e. The molecule has 2 aliphatic heterocycles. The van der Waals surface area contributed by atoms with Gasteiger partial charge >= 0.3 is 0 Å². The number of thiazole rings is 1. The monoisotopic (exact) mass is 375 g/mol. The van der Waals surface area contributed by atoms with E-state index in [0.717, 1.165) is 22.6 Å². The molecule has 1 N–H and O–H groups in total. The SMILES string of the molecule is COc1ccc2c(c1)/C(=C/c1sc(=S)n(N3CCOCC3)c1O)C=N2. The highest BCUT2D eigenvalue weighted by Gasteiger charge is 2.20. The Morgan fingerprint density at radius 1 is 1.36 bits per heavy atom. The zero-order chi connectivity index (χ0) is 17.4. The number of nitrogens with zero attached hydrogens (tertiary/aromatic N) is 3. The first-order valence-corrected chi connectivity index (χ1v) is 9.12. The van der Waals surface area contributed by atoms with Crippen molar-refractivity contribution in [2.75, 3.05) is 38.4 Å². The van der Waals surface area contributed by atoms with E-state index in [1.165, 1.54) is 11.3 Å². The number of fused-ring (bicyclic) bond motifs is 1. The summed E-state index contributed by atoms with van der Waals surface area (Å²) in [7, 11) is 1.64. The fourth-order valence-electron chi connectivity index (χ4n) is 2.92. The van der Waals surface area contributed by atoms with Gasteiger partial charge in [0, 0.05) is 17.4 Å². The lowest BCUT2D eigenvalue weighted by Gasteiger charge is -2.29. The average molecular weight is 375 g/mol. The third kappa shape index (κ3) is 2.97. The van der Waals surface area contributed by atoms with Crippen LogP contribution in [0.15, 0.2) is 23.2 Å². The first-order chi connectivity index (χ1) is 12.2. The van der Waals surface area contributed by atoms with Crippen molar-refractivity contribution in [3.63, 3.8) is 0 Å². The van der Waals surface area contributed by atoms with Crippen molar-refractivity contribution in [2.24, 2.45) is 4.99 Å². The Balaban J connectivity index is 1.72. The number of allylic oxidation sites excluding steroid dienone is 1. The van der Waals surface area contributed by atoms with Crippen LogP contribution in [0.3, 0.4) is 0 Å². The molecule has 0 bridgehead atoms. The number of aliphatic imine (C=N–C) groups is 1. The summed E-state index contributed by atoms with van der Waals surface area (Å²) in [5.74, 6) is 0.937. The maximum absolute atomic E-state index is 10.7. The normalized spacial score (nSPS) is 18.0. The Morgan fingerprint density at radius 2 is 2.16 bits per heavy atom. The molecule has 1 aromatic carbocycles. The standard InChI is InChI=1S/C17H17N3O3S2/c1-22-12-2-3-14-13(9-12)11(10-18-14)8-15-16(21)20(17(24)25-15)19-4-6-23-7-5-19/h2-3,8-10,21H,4-7H2,1H3/b11-8+. The molecule has 130 valence electrons. The van der Waals surface area contributed by atoms with Gasteiger partial charge in [-0.1, -0.05) is 11.3 Å². The molecule has 0 atom stereocenters. The predicted octanol–water partition coefficient (Wildman–Crippen LogP) is 3.22. The first kappa shape index (κ1) is 16.3. The molecule has 2 aliphatic rings. The maximum Gasteiger partial charge on any atom is 0.230 e. The van der Waals surface area contributed by atoms with Crippen molar-refractivity contribution in [1.82, 2.24) is 4.68 Å². The molecule has 1 fully saturated rings. The Labute approximate surface area is 154 Å². The molecule has 6 nitrogen and oxygen atoms in total. The Hall–Kier alpha value is -2.16. The summed E-state index contributed by atoms with van der Waals surface area (Å²) in [5, 5.41) is 12.7. The Kier molecular flexibility index (Phi) is 4.32. The average Bonchev–Trinajstić information content (AvgIpc) is 3.16. The van der Waals surface area contributed by atoms with Crippen molar-refractivity contribution in [2.45, 2.75) is 0 Å². The molecule has 0 aliphatic carbocycles. The molecular formula is C17H17N3O3S2. The molecule has 0 amide bonds. The van der Waals surface area contributed by atoms with Crippen molar-refractivity contribution < 1.29 is 14.6 Å². The van der Waals surface area contributed by atoms with Crippen LogP contribution in [0.2, 0.25) is 0 Å². The number of rotatable bonds is 3. The van der Waals surface area contributed by atoms with Gasteiger partial charge in [-0.2, -0.15) is 0 Å². The van der Waals surface area contributed by atoms with Gasteiger partial charge in [0.15, 0.2) is 3.95 Å². The predicted molar refractivity (Wildman–Crippen MR) is 103 cm³/mol. The second-order valence-electron chi connectivity index (χ2n) is 5.67. The van der Waals surface area contributed by atoms with E-state index in [0.29, 0.717) is 35.1 Å². The summed E-state index contributed by atoms with van der Waals surface area (Å²) >= 11 is 6.84. The van der Waals surface area contributed by atoms with Gasteiger partial charge in [0.05, 0.1) is 44.0 Å². The van der Waals surface area contributed by atoms with Gasteiger partial charge in [-0.05, 0) is 36.5 Å². The summed E-state index contributed by atoms with van der Waals surface area (Å²) in [6.07, 6.45) is 3.72. The molecule has 4 rings (SSSR count). The van der Waals surface area contributed by atoms with Crippen molar-refractivity contribution in [3.05, 3.63) is 32.6 Å². The van der Waals surface area contributed by atoms with Crippen LogP contribution in [0.1, 0.15) is 10.4 Å². The topological polar surface area (TPSA) is 59.2 Å². The molecule has 3 heterocycles. The van der Waals surface area contributed by atoms with E-state index in [4.69, 9.17) is 21.7 Å². The van der Waals surface area contributed by atoms with Crippen LogP contribution in [0.5, 0.6) is 11.6 Å². The molecule has 0 spiro atoms. The molecule has 2 aromatic rings. The smallest absolute Gasteiger partial charge is 0.230 e. The quantitative estimate of drug-likeness (QED) is 0.835. The van der Waals surface area contributed by atoms with Crippen LogP contribution in [-0.4, -0.2) is 49.4 Å². The first-order valence-electron chi connectivity index (χ1n) is 7.89. The van der Waals surface area contributed by atoms with Gasteiger partial charge in [0.2, 0.25) is 5.88 Å². The number of benzene rings is 1. The molecule has 1 aromatic heterocycles. The maximum atomic E-state index is 10.7. The van der Waals surface area contributed by atoms with Crippen molar-refractivity contribution in [3.8, 4) is 11.6 Å². The summed E-state index contributed by atoms with van der Waals surface area (Å²) in [6.45, 7) is 2.67. The van der Waals surface area contributed by atoms with E-state index in [1.54, 1.807) is 18.0 Å². The van der Waals surface area contributed by atoms with Crippen LogP contribution < -0.4 is 9.75 Å². The second-order valence-corrected chi connectivity index (χ2v) is 7.35. The van der Waals surface area contributed by atoms with Crippen LogP contribution >= 0.6 is 23.6 Å². The number of ether oxygens (including phenoxy) is 2. The van der Waals surface area contributed by atoms with Crippen LogP contribution in [0, 0.1) is 3.95 Å². The van der Waals surface area contributed by atoms with Crippen LogP contribution in [-0.2, 0) is 4.74 Å². The van der Waals surface area contributed by atoms with E-state index < -0.39 is 0 Å². The van der Waals surface area contributed by atoms with Crippen LogP contribution in [0.4, 0.5) is 5.69 Å². The lowest BCUT2D eigenvalue weighted by Crippen LogP contribution is -2.43. The van der Waals surface area contributed by atoms with Gasteiger partial charge in [0.25, 0.3) is 0 Å². The molecule has 0 radical (unpaired) electrons. The van der Waals surface area contributed by atoms with Crippen molar-refractivity contribution >= 4 is 47.1 Å². The Bertz CT molecular complexity index is 924. The van der Waals surface area contributed by atoms with Gasteiger partial charge in [-0.25, -0.2) is 4.68 Å². The number of hydrogen-bond acceptors (Lipinski definition) is 7. The van der Waals surface area contributed by atoms with Crippen molar-refractivity contribution in [1.29, 1.82) is 0 Å². The number of hydrogen-bond donors (Lipinski definition) is 1. The Morgan fingerprint density at radius 3 is 2.92 bits per heavy atom. The minimum atomic E-state index is 0.161. The molecule has 0 saturated carbocycles. The van der Waals surface area contributed by atoms with Gasteiger partial charge < -0.3 is 19.6 Å². The number of aromatic nitrogens is 1. The zero-order valence-electron chi connectivity index (χ0n) is 13.6. The lowest BCUT2D eigenvalue weighted by atomic mass is 10.1. The molecule has 8 heteroatoms. The fraction of sp³-hybridized carbons (Fsp3) is 0.294. The zero-order valence-corrected chi connectivity index (χ0v) is 15.3. The lowest BCUT2D eigenvalue weighted by molar-refractivity contribution is 0.109. The summed E-state index contributed by atoms with van der Waals surface area (Å²) in [4.78, 5) is 5.13. The molecule has 25 heavy (non-hydrogen) atoms. The van der Waals surface area contributed by atoms with Gasteiger partial charge in [0.1, 0.15) is 5.75 Å². The molecule has 0 unspecified atom stereocenters. The van der Waals surface area contributed by atoms with E-state index in [1.807, 2.05) is 29.3 Å². The fourth-order valence-corrected chi connectivity index (χ4v) is 4.23. The summed E-state index contributed by atoms with van der Waals surface area (Å²) in [6, 6.07) is 5.76. The highest BCUT2D eigenvalue weighted by Crippen LogP contribution is 2.37. The molecular weight excluding hydrogens is 358 g/mol. The van der Waals surface area contributed by atoms with Gasteiger partial charge in [-0.3, -0.25) is 4.99 Å². The van der Waals surface area contributed by atoms with Crippen LogP contribution in [0.25, 0.3) is 11.6 Å². The third-order valence-corrected chi connectivity index (χ3v) is 5.50. The summed E-state index contributed by atoms with van der Waals surface area (Å²) in [5.41, 5.74) is 2.80. The van der Waals surface area contributed by atoms with Gasteiger partial charge in [-0.15, -0.1) is 0 Å². The molecule has 1 saturated heterocycles. The van der Waals surface area contributed by atoms with E-state index in [9.17, 15) is 5.11 Å². The number of aromatic hydroxyl groups is 1. The third-order valence-electron chi connectivity index (χ3n) is 4.21. The minimum Gasteiger partial charge on any atom is -0.497 e. The van der Waals surface area contributed by atoms with E-state index >= 15 is 0 Å². The van der Waals surface area contributed by atoms with E-state index in [-0.39, 0.29) is 5.88 Å². The minimum absolute atomic E-state index is 0.161. The highest BCUT2D eigenvalue weighted by molar-refractivity contribution is 7.73. The number of methoxy groups -OCH3 is 1. The second kappa shape index (κ2) is 6.62. The number of morpholine rings is 1.